The maximum absolute atomic E-state index is 12.0. The number of carbonyl (C=O) groups is 1. The second-order valence-corrected chi connectivity index (χ2v) is 5.57. The number of ether oxygens (including phenoxy) is 1. The number of fused-ring (bicyclic) bond motifs is 1. The highest BCUT2D eigenvalue weighted by atomic mass is 16.6. The molecule has 1 atom stereocenters. The second-order valence-electron chi connectivity index (χ2n) is 5.57. The van der Waals surface area contributed by atoms with Gasteiger partial charge in [-0.15, -0.1) is 0 Å². The van der Waals surface area contributed by atoms with Gasteiger partial charge in [0.1, 0.15) is 5.60 Å². The molecule has 1 aliphatic rings. The van der Waals surface area contributed by atoms with E-state index in [-0.39, 0.29) is 17.7 Å². The maximum Gasteiger partial charge on any atom is 0.410 e. The third kappa shape index (κ3) is 2.27. The molecule has 0 fully saturated rings. The molecule has 2 rings (SSSR count). The van der Waals surface area contributed by atoms with Crippen molar-refractivity contribution >= 4 is 6.09 Å². The van der Waals surface area contributed by atoms with Crippen LogP contribution in [0.15, 0.2) is 4.79 Å². The fourth-order valence-corrected chi connectivity index (χ4v) is 2.19. The number of nitrogens with zero attached hydrogens (tertiary/aromatic N) is 1. The zero-order chi connectivity index (χ0) is 13.5. The number of H-pyrrole nitrogens is 2. The molecular formula is C12H19N3O3. The Morgan fingerprint density at radius 1 is 1.39 bits per heavy atom. The molecule has 0 aromatic carbocycles. The number of hydrogen-bond donors (Lipinski definition) is 2. The summed E-state index contributed by atoms with van der Waals surface area (Å²) in [5.41, 5.74) is 0.826. The normalized spacial score (nSPS) is 19.6. The second kappa shape index (κ2) is 4.19. The quantitative estimate of drug-likeness (QED) is 0.736. The monoisotopic (exact) mass is 253 g/mol. The molecule has 0 spiro atoms. The number of nitrogens with one attached hydrogen (secondary N) is 2. The third-order valence-electron chi connectivity index (χ3n) is 3.01. The fourth-order valence-electron chi connectivity index (χ4n) is 2.19. The molecular weight excluding hydrogens is 234 g/mol. The van der Waals surface area contributed by atoms with E-state index >= 15 is 0 Å². The maximum atomic E-state index is 12.0. The van der Waals surface area contributed by atoms with Crippen LogP contribution in [-0.2, 0) is 11.2 Å². The summed E-state index contributed by atoms with van der Waals surface area (Å²) < 4.78 is 5.34. The highest BCUT2D eigenvalue weighted by molar-refractivity contribution is 5.69. The summed E-state index contributed by atoms with van der Waals surface area (Å²) in [5, 5.41) is 5.41. The van der Waals surface area contributed by atoms with Crippen molar-refractivity contribution in [2.24, 2.45) is 0 Å². The minimum atomic E-state index is -0.526. The van der Waals surface area contributed by atoms with Crippen LogP contribution in [-0.4, -0.2) is 33.3 Å². The molecule has 6 heteroatoms. The van der Waals surface area contributed by atoms with Crippen molar-refractivity contribution < 1.29 is 9.53 Å². The molecule has 1 aromatic rings. The average Bonchev–Trinajstić information content (AvgIpc) is 2.58. The van der Waals surface area contributed by atoms with Crippen molar-refractivity contribution in [2.75, 3.05) is 6.54 Å². The Balaban J connectivity index is 2.21. The van der Waals surface area contributed by atoms with Crippen molar-refractivity contribution in [3.05, 3.63) is 21.6 Å². The SMILES string of the molecule is CC1c2c([nH][nH]c2=O)CCN1C(=O)OC(C)(C)C. The van der Waals surface area contributed by atoms with E-state index in [1.165, 1.54) is 0 Å². The minimum Gasteiger partial charge on any atom is -0.444 e. The van der Waals surface area contributed by atoms with Gasteiger partial charge in [0.2, 0.25) is 0 Å². The van der Waals surface area contributed by atoms with Crippen LogP contribution in [0.2, 0.25) is 0 Å². The molecule has 1 amide bonds. The predicted octanol–water partition coefficient (Wildman–Crippen LogP) is 1.56. The standard InChI is InChI=1S/C12H19N3O3/c1-7-9-8(13-14-10(9)16)5-6-15(7)11(17)18-12(2,3)4/h7H,5-6H2,1-4H3,(H2,13,14,16). The molecule has 1 unspecified atom stereocenters. The van der Waals surface area contributed by atoms with E-state index in [2.05, 4.69) is 10.2 Å². The number of aromatic amines is 2. The Morgan fingerprint density at radius 3 is 2.67 bits per heavy atom. The van der Waals surface area contributed by atoms with E-state index in [9.17, 15) is 9.59 Å². The smallest absolute Gasteiger partial charge is 0.410 e. The molecule has 100 valence electrons. The van der Waals surface area contributed by atoms with Crippen molar-refractivity contribution in [3.8, 4) is 0 Å². The summed E-state index contributed by atoms with van der Waals surface area (Å²) in [4.78, 5) is 25.3. The first-order valence-corrected chi connectivity index (χ1v) is 6.08. The van der Waals surface area contributed by atoms with Gasteiger partial charge in [-0.1, -0.05) is 0 Å². The van der Waals surface area contributed by atoms with Crippen molar-refractivity contribution in [1.29, 1.82) is 0 Å². The van der Waals surface area contributed by atoms with Gasteiger partial charge in [-0.2, -0.15) is 0 Å². The first-order valence-electron chi connectivity index (χ1n) is 6.08. The number of amides is 1. The molecule has 0 radical (unpaired) electrons. The van der Waals surface area contributed by atoms with Gasteiger partial charge >= 0.3 is 6.09 Å². The first-order chi connectivity index (χ1) is 8.29. The number of rotatable bonds is 0. The molecule has 1 aromatic heterocycles. The highest BCUT2D eigenvalue weighted by Crippen LogP contribution is 2.26. The summed E-state index contributed by atoms with van der Waals surface area (Å²) in [6, 6.07) is -0.265. The topological polar surface area (TPSA) is 78.2 Å². The lowest BCUT2D eigenvalue weighted by Crippen LogP contribution is -2.43. The average molecular weight is 253 g/mol. The first kappa shape index (κ1) is 12.7. The summed E-state index contributed by atoms with van der Waals surface area (Å²) >= 11 is 0. The van der Waals surface area contributed by atoms with E-state index in [0.717, 1.165) is 5.69 Å². The van der Waals surface area contributed by atoms with Crippen LogP contribution >= 0.6 is 0 Å². The van der Waals surface area contributed by atoms with Gasteiger partial charge in [0.05, 0.1) is 11.6 Å². The molecule has 1 aliphatic heterocycles. The van der Waals surface area contributed by atoms with E-state index in [4.69, 9.17) is 4.74 Å². The molecule has 0 saturated heterocycles. The Labute approximate surface area is 105 Å². The number of aromatic nitrogens is 2. The van der Waals surface area contributed by atoms with Gasteiger partial charge in [0.15, 0.2) is 0 Å². The van der Waals surface area contributed by atoms with Crippen molar-refractivity contribution in [1.82, 2.24) is 15.1 Å². The summed E-state index contributed by atoms with van der Waals surface area (Å²) in [6.07, 6.45) is 0.263. The highest BCUT2D eigenvalue weighted by Gasteiger charge is 2.33. The number of carbonyl (C=O) groups excluding carboxylic acids is 1. The van der Waals surface area contributed by atoms with Crippen LogP contribution < -0.4 is 5.56 Å². The van der Waals surface area contributed by atoms with Crippen LogP contribution in [0.3, 0.4) is 0 Å². The van der Waals surface area contributed by atoms with E-state index in [0.29, 0.717) is 18.5 Å². The van der Waals surface area contributed by atoms with Crippen LogP contribution in [0.4, 0.5) is 4.79 Å². The van der Waals surface area contributed by atoms with Gasteiger partial charge in [-0.05, 0) is 27.7 Å². The molecule has 0 saturated carbocycles. The van der Waals surface area contributed by atoms with Gasteiger partial charge in [0, 0.05) is 18.7 Å². The van der Waals surface area contributed by atoms with Crippen LogP contribution in [0.1, 0.15) is 45.0 Å². The lowest BCUT2D eigenvalue weighted by molar-refractivity contribution is 0.0158. The molecule has 2 heterocycles. The van der Waals surface area contributed by atoms with E-state index < -0.39 is 5.60 Å². The third-order valence-corrected chi connectivity index (χ3v) is 3.01. The largest absolute Gasteiger partial charge is 0.444 e. The summed E-state index contributed by atoms with van der Waals surface area (Å²) in [5.74, 6) is 0. The minimum absolute atomic E-state index is 0.161. The zero-order valence-electron chi connectivity index (χ0n) is 11.2. The van der Waals surface area contributed by atoms with Gasteiger partial charge in [-0.25, -0.2) is 4.79 Å². The molecule has 0 bridgehead atoms. The fraction of sp³-hybridized carbons (Fsp3) is 0.667. The van der Waals surface area contributed by atoms with E-state index in [1.807, 2.05) is 27.7 Å². The Bertz CT molecular complexity index is 509. The summed E-state index contributed by atoms with van der Waals surface area (Å²) in [6.45, 7) is 7.87. The molecule has 0 aliphatic carbocycles. The lowest BCUT2D eigenvalue weighted by atomic mass is 10.0. The van der Waals surface area contributed by atoms with Crippen LogP contribution in [0.5, 0.6) is 0 Å². The Morgan fingerprint density at radius 2 is 2.06 bits per heavy atom. The predicted molar refractivity (Wildman–Crippen MR) is 66.5 cm³/mol. The lowest BCUT2D eigenvalue weighted by Gasteiger charge is -2.34. The van der Waals surface area contributed by atoms with Gasteiger partial charge in [0.25, 0.3) is 5.56 Å². The molecule has 6 nitrogen and oxygen atoms in total. The van der Waals surface area contributed by atoms with E-state index in [1.54, 1.807) is 4.90 Å². The Kier molecular flexibility index (Phi) is 2.96. The van der Waals surface area contributed by atoms with Crippen LogP contribution in [0.25, 0.3) is 0 Å². The number of hydrogen-bond acceptors (Lipinski definition) is 3. The molecule has 18 heavy (non-hydrogen) atoms. The zero-order valence-corrected chi connectivity index (χ0v) is 11.2. The van der Waals surface area contributed by atoms with Crippen molar-refractivity contribution in [3.63, 3.8) is 0 Å². The molecule has 2 N–H and O–H groups in total. The van der Waals surface area contributed by atoms with Gasteiger partial charge in [-0.3, -0.25) is 9.89 Å². The summed E-state index contributed by atoms with van der Waals surface area (Å²) in [7, 11) is 0. The van der Waals surface area contributed by atoms with Gasteiger partial charge < -0.3 is 14.7 Å². The Hall–Kier alpha value is -1.72. The van der Waals surface area contributed by atoms with Crippen LogP contribution in [0, 0.1) is 0 Å². The van der Waals surface area contributed by atoms with Crippen molar-refractivity contribution in [2.45, 2.75) is 45.8 Å².